The van der Waals surface area contributed by atoms with Gasteiger partial charge in [0.15, 0.2) is 0 Å². The molecule has 1 saturated heterocycles. The minimum absolute atomic E-state index is 0.00514. The van der Waals surface area contributed by atoms with E-state index in [1.54, 1.807) is 24.3 Å². The molecular weight excluding hydrogens is 670 g/mol. The highest BCUT2D eigenvalue weighted by Gasteiger charge is 2.26. The van der Waals surface area contributed by atoms with E-state index in [2.05, 4.69) is 22.4 Å². The van der Waals surface area contributed by atoms with Crippen LogP contribution < -0.4 is 20.7 Å². The summed E-state index contributed by atoms with van der Waals surface area (Å²) >= 11 is 9.00. The monoisotopic (exact) mass is 701 g/mol. The van der Waals surface area contributed by atoms with Gasteiger partial charge in [0.05, 0.1) is 11.3 Å². The summed E-state index contributed by atoms with van der Waals surface area (Å²) in [4.78, 5) is 35.1. The third-order valence-corrected chi connectivity index (χ3v) is 9.53. The van der Waals surface area contributed by atoms with Crippen LogP contribution in [0.25, 0.3) is 21.7 Å². The predicted molar refractivity (Wildman–Crippen MR) is 186 cm³/mol. The van der Waals surface area contributed by atoms with Gasteiger partial charge in [-0.05, 0) is 42.7 Å². The zero-order chi connectivity index (χ0) is 33.9. The quantitative estimate of drug-likeness (QED) is 0.0961. The van der Waals surface area contributed by atoms with Crippen LogP contribution in [0.15, 0.2) is 58.9 Å². The fourth-order valence-corrected chi connectivity index (χ4v) is 6.96. The maximum atomic E-state index is 11.8. The standard InChI is InChI=1S/C34H32ClN7O4S2/c35-24-7-3-23(4-8-24)33-40-25(20-47-33)21-48-34-28(18-38)31(27(17-37)32(41-34)42-13-1-2-14-42)22-5-9-26(10-6-22)45-15-16-46-30(44)19-39-29(43)11-12-36/h3-10,20H,1-2,11-16,19,21,36H2,(H,39,43). The molecule has 246 valence electrons. The van der Waals surface area contributed by atoms with Gasteiger partial charge < -0.3 is 25.4 Å². The molecule has 1 aliphatic rings. The van der Waals surface area contributed by atoms with E-state index in [9.17, 15) is 20.1 Å². The fourth-order valence-electron chi connectivity index (χ4n) is 5.03. The number of carbonyl (C=O) groups is 2. The van der Waals surface area contributed by atoms with Gasteiger partial charge in [-0.2, -0.15) is 10.5 Å². The van der Waals surface area contributed by atoms with Crippen molar-refractivity contribution >= 4 is 52.4 Å². The Labute approximate surface area is 291 Å². The molecule has 5 rings (SSSR count). The number of pyridine rings is 1. The van der Waals surface area contributed by atoms with Gasteiger partial charge in [-0.1, -0.05) is 47.6 Å². The number of ether oxygens (including phenoxy) is 2. The lowest BCUT2D eigenvalue weighted by Crippen LogP contribution is -2.32. The molecular formula is C34H32ClN7O4S2. The molecule has 1 amide bonds. The van der Waals surface area contributed by atoms with E-state index in [1.807, 2.05) is 29.6 Å². The summed E-state index contributed by atoms with van der Waals surface area (Å²) in [7, 11) is 0. The van der Waals surface area contributed by atoms with Gasteiger partial charge in [0.25, 0.3) is 0 Å². The third-order valence-electron chi connectivity index (χ3n) is 7.33. The van der Waals surface area contributed by atoms with Crippen LogP contribution in [0.2, 0.25) is 5.02 Å². The zero-order valence-corrected chi connectivity index (χ0v) is 28.3. The molecule has 0 spiro atoms. The Kier molecular flexibility index (Phi) is 12.2. The Morgan fingerprint density at radius 2 is 1.71 bits per heavy atom. The van der Waals surface area contributed by atoms with Gasteiger partial charge in [0.2, 0.25) is 5.91 Å². The largest absolute Gasteiger partial charge is 0.490 e. The second kappa shape index (κ2) is 16.9. The Hall–Kier alpha value is -4.66. The number of thioether (sulfide) groups is 1. The number of anilines is 1. The van der Waals surface area contributed by atoms with Crippen molar-refractivity contribution in [2.45, 2.75) is 30.0 Å². The summed E-state index contributed by atoms with van der Waals surface area (Å²) in [6, 6.07) is 19.3. The summed E-state index contributed by atoms with van der Waals surface area (Å²) in [5.74, 6) is 0.693. The topological polar surface area (TPSA) is 167 Å². The van der Waals surface area contributed by atoms with Crippen molar-refractivity contribution < 1.29 is 19.1 Å². The molecule has 3 heterocycles. The summed E-state index contributed by atoms with van der Waals surface area (Å²) in [5, 5.41) is 27.3. The van der Waals surface area contributed by atoms with Crippen molar-refractivity contribution in [1.29, 1.82) is 10.5 Å². The Morgan fingerprint density at radius 3 is 2.40 bits per heavy atom. The van der Waals surface area contributed by atoms with E-state index < -0.39 is 5.97 Å². The minimum atomic E-state index is -0.579. The van der Waals surface area contributed by atoms with E-state index in [1.165, 1.54) is 23.1 Å². The first kappa shape index (κ1) is 34.7. The van der Waals surface area contributed by atoms with Crippen LogP contribution in [0.4, 0.5) is 5.82 Å². The first-order valence-electron chi connectivity index (χ1n) is 15.2. The number of aromatic nitrogens is 2. The molecule has 0 atom stereocenters. The van der Waals surface area contributed by atoms with Gasteiger partial charge in [0.1, 0.15) is 59.1 Å². The lowest BCUT2D eigenvalue weighted by Gasteiger charge is -2.22. The van der Waals surface area contributed by atoms with Crippen LogP contribution in [0.3, 0.4) is 0 Å². The van der Waals surface area contributed by atoms with Gasteiger partial charge in [-0.3, -0.25) is 9.59 Å². The van der Waals surface area contributed by atoms with Gasteiger partial charge >= 0.3 is 5.97 Å². The third kappa shape index (κ3) is 8.82. The number of carbonyl (C=O) groups excluding carboxylic acids is 2. The number of esters is 1. The van der Waals surface area contributed by atoms with Crippen molar-refractivity contribution in [3.8, 4) is 39.6 Å². The average molecular weight is 702 g/mol. The summed E-state index contributed by atoms with van der Waals surface area (Å²) in [6.07, 6.45) is 2.14. The van der Waals surface area contributed by atoms with E-state index in [0.29, 0.717) is 49.6 Å². The average Bonchev–Trinajstić information content (AvgIpc) is 3.82. The molecule has 14 heteroatoms. The number of hydrogen-bond donors (Lipinski definition) is 2. The number of nitrogens with one attached hydrogen (secondary N) is 1. The van der Waals surface area contributed by atoms with Crippen LogP contribution in [-0.2, 0) is 20.1 Å². The molecule has 3 N–H and O–H groups in total. The van der Waals surface area contributed by atoms with Crippen LogP contribution in [-0.4, -0.2) is 61.2 Å². The van der Waals surface area contributed by atoms with Crippen molar-refractivity contribution in [2.24, 2.45) is 5.73 Å². The second-order valence-corrected chi connectivity index (χ2v) is 12.9. The fraction of sp³-hybridized carbons (Fsp3) is 0.294. The van der Waals surface area contributed by atoms with Crippen molar-refractivity contribution in [1.82, 2.24) is 15.3 Å². The number of benzene rings is 2. The van der Waals surface area contributed by atoms with Gasteiger partial charge in [-0.25, -0.2) is 9.97 Å². The summed E-state index contributed by atoms with van der Waals surface area (Å²) in [6.45, 7) is 1.62. The number of nitriles is 2. The normalized spacial score (nSPS) is 12.3. The number of thiazole rings is 1. The molecule has 0 saturated carbocycles. The van der Waals surface area contributed by atoms with E-state index >= 15 is 0 Å². The first-order chi connectivity index (χ1) is 23.4. The molecule has 4 aromatic rings. The molecule has 48 heavy (non-hydrogen) atoms. The molecule has 0 aliphatic carbocycles. The molecule has 0 radical (unpaired) electrons. The van der Waals surface area contributed by atoms with Crippen LogP contribution in [0.1, 0.15) is 36.1 Å². The maximum Gasteiger partial charge on any atom is 0.325 e. The van der Waals surface area contributed by atoms with E-state index in [0.717, 1.165) is 42.2 Å². The molecule has 2 aromatic heterocycles. The highest BCUT2D eigenvalue weighted by atomic mass is 35.5. The van der Waals surface area contributed by atoms with Crippen LogP contribution in [0, 0.1) is 22.7 Å². The van der Waals surface area contributed by atoms with Gasteiger partial charge in [0, 0.05) is 53.3 Å². The Balaban J connectivity index is 1.32. The minimum Gasteiger partial charge on any atom is -0.490 e. The smallest absolute Gasteiger partial charge is 0.325 e. The van der Waals surface area contributed by atoms with E-state index in [-0.39, 0.29) is 38.6 Å². The summed E-state index contributed by atoms with van der Waals surface area (Å²) in [5.41, 5.74) is 9.04. The Morgan fingerprint density at radius 1 is 1.00 bits per heavy atom. The lowest BCUT2D eigenvalue weighted by atomic mass is 9.96. The predicted octanol–water partition coefficient (Wildman–Crippen LogP) is 5.55. The second-order valence-electron chi connectivity index (χ2n) is 10.6. The Bertz CT molecular complexity index is 1830. The number of rotatable bonds is 14. The first-order valence-corrected chi connectivity index (χ1v) is 17.5. The van der Waals surface area contributed by atoms with Crippen LogP contribution in [0.5, 0.6) is 5.75 Å². The molecule has 1 aliphatic heterocycles. The van der Waals surface area contributed by atoms with Crippen LogP contribution >= 0.6 is 34.7 Å². The SMILES string of the molecule is N#Cc1c(SCc2csc(-c3ccc(Cl)cc3)n2)nc(N2CCCC2)c(C#N)c1-c1ccc(OCCOC(=O)CNC(=O)CCN)cc1. The number of amides is 1. The molecule has 0 bridgehead atoms. The lowest BCUT2D eigenvalue weighted by molar-refractivity contribution is -0.144. The highest BCUT2D eigenvalue weighted by molar-refractivity contribution is 7.98. The number of nitrogens with two attached hydrogens (primary N) is 1. The van der Waals surface area contributed by atoms with Crippen molar-refractivity contribution in [2.75, 3.05) is 44.3 Å². The summed E-state index contributed by atoms with van der Waals surface area (Å²) < 4.78 is 10.8. The maximum absolute atomic E-state index is 11.8. The number of nitrogens with zero attached hydrogens (tertiary/aromatic N) is 5. The van der Waals surface area contributed by atoms with Crippen molar-refractivity contribution in [3.05, 3.63) is 75.8 Å². The van der Waals surface area contributed by atoms with Crippen molar-refractivity contribution in [3.63, 3.8) is 0 Å². The molecule has 11 nitrogen and oxygen atoms in total. The zero-order valence-electron chi connectivity index (χ0n) is 25.9. The van der Waals surface area contributed by atoms with Gasteiger partial charge in [-0.15, -0.1) is 11.3 Å². The highest BCUT2D eigenvalue weighted by Crippen LogP contribution is 2.40. The van der Waals surface area contributed by atoms with E-state index in [4.69, 9.17) is 36.8 Å². The number of hydrogen-bond acceptors (Lipinski definition) is 12. The number of halogens is 1. The molecule has 2 aromatic carbocycles. The molecule has 0 unspecified atom stereocenters. The molecule has 1 fully saturated rings.